The van der Waals surface area contributed by atoms with Crippen molar-refractivity contribution in [2.75, 3.05) is 0 Å². The first-order valence-electron chi connectivity index (χ1n) is 5.74. The van der Waals surface area contributed by atoms with Gasteiger partial charge in [0, 0.05) is 22.3 Å². The number of aromatic nitrogens is 2. The summed E-state index contributed by atoms with van der Waals surface area (Å²) in [6, 6.07) is 7.24. The van der Waals surface area contributed by atoms with Crippen LogP contribution >= 0.6 is 23.2 Å². The van der Waals surface area contributed by atoms with Crippen molar-refractivity contribution >= 4 is 23.2 Å². The van der Waals surface area contributed by atoms with E-state index < -0.39 is 0 Å². The van der Waals surface area contributed by atoms with Crippen LogP contribution in [0.3, 0.4) is 0 Å². The van der Waals surface area contributed by atoms with E-state index in [4.69, 9.17) is 28.9 Å². The van der Waals surface area contributed by atoms with Crippen LogP contribution in [0.1, 0.15) is 37.2 Å². The van der Waals surface area contributed by atoms with E-state index in [2.05, 4.69) is 18.9 Å². The third kappa shape index (κ3) is 2.69. The molecule has 1 heterocycles. The van der Waals surface area contributed by atoms with Crippen LogP contribution in [0.25, 0.3) is 0 Å². The molecule has 0 spiro atoms. The first-order valence-corrected chi connectivity index (χ1v) is 6.49. The maximum atomic E-state index is 6.26. The lowest BCUT2D eigenvalue weighted by Gasteiger charge is -2.17. The van der Waals surface area contributed by atoms with Gasteiger partial charge in [0.25, 0.3) is 0 Å². The smallest absolute Gasteiger partial charge is 0.0724 e. The highest BCUT2D eigenvalue weighted by atomic mass is 35.5. The zero-order valence-electron chi connectivity index (χ0n) is 10.3. The molecule has 0 saturated carbocycles. The van der Waals surface area contributed by atoms with E-state index in [-0.39, 0.29) is 12.1 Å². The Labute approximate surface area is 117 Å². The van der Waals surface area contributed by atoms with Crippen molar-refractivity contribution in [1.29, 1.82) is 0 Å². The highest BCUT2D eigenvalue weighted by molar-refractivity contribution is 6.34. The maximum absolute atomic E-state index is 6.26. The summed E-state index contributed by atoms with van der Waals surface area (Å²) in [4.78, 5) is 0. The van der Waals surface area contributed by atoms with Crippen LogP contribution < -0.4 is 5.73 Å². The van der Waals surface area contributed by atoms with Crippen LogP contribution in [0, 0.1) is 0 Å². The van der Waals surface area contributed by atoms with E-state index in [9.17, 15) is 0 Å². The molecular formula is C13H15Cl2N3. The van der Waals surface area contributed by atoms with E-state index >= 15 is 0 Å². The molecule has 0 radical (unpaired) electrons. The summed E-state index contributed by atoms with van der Waals surface area (Å²) in [5, 5.41) is 5.45. The molecule has 0 amide bonds. The van der Waals surface area contributed by atoms with Crippen molar-refractivity contribution in [2.24, 2.45) is 5.73 Å². The van der Waals surface area contributed by atoms with Gasteiger partial charge in [0.05, 0.1) is 11.7 Å². The molecule has 0 saturated heterocycles. The molecule has 18 heavy (non-hydrogen) atoms. The number of rotatable bonds is 3. The normalized spacial score (nSPS) is 13.0. The summed E-state index contributed by atoms with van der Waals surface area (Å²) in [5.41, 5.74) is 8.09. The molecule has 2 aromatic rings. The summed E-state index contributed by atoms with van der Waals surface area (Å²) in [6.07, 6.45) is 1.75. The molecule has 0 aliphatic carbocycles. The van der Waals surface area contributed by atoms with Gasteiger partial charge < -0.3 is 5.73 Å². The molecule has 5 heteroatoms. The van der Waals surface area contributed by atoms with Gasteiger partial charge in [-0.25, -0.2) is 0 Å². The maximum Gasteiger partial charge on any atom is 0.0724 e. The predicted octanol–water partition coefficient (Wildman–Crippen LogP) is 3.82. The third-order valence-electron chi connectivity index (χ3n) is 2.75. The zero-order valence-corrected chi connectivity index (χ0v) is 11.8. The highest BCUT2D eigenvalue weighted by Gasteiger charge is 2.16. The molecule has 0 aliphatic rings. The summed E-state index contributed by atoms with van der Waals surface area (Å²) in [7, 11) is 0. The van der Waals surface area contributed by atoms with Crippen LogP contribution in [0.15, 0.2) is 30.5 Å². The lowest BCUT2D eigenvalue weighted by Crippen LogP contribution is -2.18. The minimum atomic E-state index is -0.286. The SMILES string of the molecule is CC(C)n1nccc1C(N)c1cc(Cl)cc(Cl)c1. The van der Waals surface area contributed by atoms with E-state index in [0.29, 0.717) is 10.0 Å². The zero-order chi connectivity index (χ0) is 13.3. The van der Waals surface area contributed by atoms with Crippen molar-refractivity contribution in [3.05, 3.63) is 51.8 Å². The van der Waals surface area contributed by atoms with E-state index in [1.165, 1.54) is 0 Å². The number of nitrogens with two attached hydrogens (primary N) is 1. The van der Waals surface area contributed by atoms with Gasteiger partial charge in [0.2, 0.25) is 0 Å². The molecule has 2 rings (SSSR count). The van der Waals surface area contributed by atoms with Crippen LogP contribution in [-0.4, -0.2) is 9.78 Å². The molecule has 0 aliphatic heterocycles. The van der Waals surface area contributed by atoms with Crippen molar-refractivity contribution in [2.45, 2.75) is 25.9 Å². The Balaban J connectivity index is 2.41. The fourth-order valence-electron chi connectivity index (χ4n) is 1.93. The summed E-state index contributed by atoms with van der Waals surface area (Å²) >= 11 is 12.0. The van der Waals surface area contributed by atoms with Gasteiger partial charge in [-0.15, -0.1) is 0 Å². The average Bonchev–Trinajstić information content (AvgIpc) is 2.75. The predicted molar refractivity (Wildman–Crippen MR) is 75.1 cm³/mol. The number of hydrogen-bond acceptors (Lipinski definition) is 2. The number of hydrogen-bond donors (Lipinski definition) is 1. The Morgan fingerprint density at radius 3 is 2.33 bits per heavy atom. The molecule has 2 N–H and O–H groups in total. The van der Waals surface area contributed by atoms with Crippen molar-refractivity contribution in [3.8, 4) is 0 Å². The lowest BCUT2D eigenvalue weighted by atomic mass is 10.0. The van der Waals surface area contributed by atoms with Gasteiger partial charge in [0.1, 0.15) is 0 Å². The van der Waals surface area contributed by atoms with Gasteiger partial charge in [-0.05, 0) is 43.7 Å². The average molecular weight is 284 g/mol. The molecule has 1 unspecified atom stereocenters. The largest absolute Gasteiger partial charge is 0.319 e. The molecule has 0 bridgehead atoms. The second-order valence-electron chi connectivity index (χ2n) is 4.47. The van der Waals surface area contributed by atoms with E-state index in [0.717, 1.165) is 11.3 Å². The molecular weight excluding hydrogens is 269 g/mol. The van der Waals surface area contributed by atoms with E-state index in [1.807, 2.05) is 22.9 Å². The van der Waals surface area contributed by atoms with Crippen LogP contribution in [0.4, 0.5) is 0 Å². The van der Waals surface area contributed by atoms with Crippen LogP contribution in [0.2, 0.25) is 10.0 Å². The topological polar surface area (TPSA) is 43.8 Å². The van der Waals surface area contributed by atoms with Gasteiger partial charge in [-0.2, -0.15) is 5.10 Å². The van der Waals surface area contributed by atoms with E-state index in [1.54, 1.807) is 12.3 Å². The quantitative estimate of drug-likeness (QED) is 0.931. The van der Waals surface area contributed by atoms with Gasteiger partial charge >= 0.3 is 0 Å². The number of benzene rings is 1. The Morgan fingerprint density at radius 1 is 1.17 bits per heavy atom. The van der Waals surface area contributed by atoms with Crippen molar-refractivity contribution in [3.63, 3.8) is 0 Å². The van der Waals surface area contributed by atoms with Gasteiger partial charge in [-0.3, -0.25) is 4.68 Å². The summed E-state index contributed by atoms with van der Waals surface area (Å²) in [6.45, 7) is 4.13. The number of nitrogens with zero attached hydrogens (tertiary/aromatic N) is 2. The highest BCUT2D eigenvalue weighted by Crippen LogP contribution is 2.27. The van der Waals surface area contributed by atoms with Gasteiger partial charge in [0.15, 0.2) is 0 Å². The summed E-state index contributed by atoms with van der Waals surface area (Å²) in [5.74, 6) is 0. The fraction of sp³-hybridized carbons (Fsp3) is 0.308. The molecule has 0 fully saturated rings. The molecule has 96 valence electrons. The van der Waals surface area contributed by atoms with Crippen molar-refractivity contribution in [1.82, 2.24) is 9.78 Å². The Morgan fingerprint density at radius 2 is 1.78 bits per heavy atom. The minimum Gasteiger partial charge on any atom is -0.319 e. The first-order chi connectivity index (χ1) is 8.49. The van der Waals surface area contributed by atoms with Crippen molar-refractivity contribution < 1.29 is 0 Å². The minimum absolute atomic E-state index is 0.260. The van der Waals surface area contributed by atoms with Crippen LogP contribution in [-0.2, 0) is 0 Å². The monoisotopic (exact) mass is 283 g/mol. The third-order valence-corrected chi connectivity index (χ3v) is 3.19. The Bertz CT molecular complexity index is 529. The first kappa shape index (κ1) is 13.4. The molecule has 3 nitrogen and oxygen atoms in total. The lowest BCUT2D eigenvalue weighted by molar-refractivity contribution is 0.499. The fourth-order valence-corrected chi connectivity index (χ4v) is 2.47. The molecule has 1 aromatic carbocycles. The van der Waals surface area contributed by atoms with Crippen LogP contribution in [0.5, 0.6) is 0 Å². The second kappa shape index (κ2) is 5.31. The Kier molecular flexibility index (Phi) is 3.95. The molecule has 1 aromatic heterocycles. The summed E-state index contributed by atoms with van der Waals surface area (Å²) < 4.78 is 1.90. The van der Waals surface area contributed by atoms with Gasteiger partial charge in [-0.1, -0.05) is 23.2 Å². The number of halogens is 2. The Hall–Kier alpha value is -1.03. The second-order valence-corrected chi connectivity index (χ2v) is 5.35. The molecule has 1 atom stereocenters. The standard InChI is InChI=1S/C13H15Cl2N3/c1-8(2)18-12(3-4-17-18)13(16)9-5-10(14)7-11(15)6-9/h3-8,13H,16H2,1-2H3.